The molecule has 5 rings (SSSR count). The van der Waals surface area contributed by atoms with Crippen LogP contribution in [0.3, 0.4) is 0 Å². The highest BCUT2D eigenvalue weighted by atomic mass is 16.6. The summed E-state index contributed by atoms with van der Waals surface area (Å²) in [5.41, 5.74) is 0.707. The molecule has 0 spiro atoms. The molecule has 2 saturated heterocycles. The average Bonchev–Trinajstić information content (AvgIpc) is 3.48. The molecule has 3 amide bonds. The van der Waals surface area contributed by atoms with Crippen LogP contribution in [0.4, 0.5) is 5.69 Å². The fourth-order valence-electron chi connectivity index (χ4n) is 4.27. The van der Waals surface area contributed by atoms with Crippen molar-refractivity contribution in [3.63, 3.8) is 0 Å². The number of anilines is 1. The van der Waals surface area contributed by atoms with E-state index in [0.29, 0.717) is 68.9 Å². The first-order valence-electron chi connectivity index (χ1n) is 10.4. The van der Waals surface area contributed by atoms with Gasteiger partial charge in [0.1, 0.15) is 13.2 Å². The summed E-state index contributed by atoms with van der Waals surface area (Å²) in [7, 11) is 0. The number of hydrogen-bond acceptors (Lipinski definition) is 6. The number of ether oxygens (including phenoxy) is 2. The zero-order valence-corrected chi connectivity index (χ0v) is 17.0. The van der Waals surface area contributed by atoms with Gasteiger partial charge in [-0.2, -0.15) is 0 Å². The summed E-state index contributed by atoms with van der Waals surface area (Å²) in [5, 5.41) is 0. The van der Waals surface area contributed by atoms with Crippen LogP contribution in [-0.2, 0) is 9.59 Å². The lowest BCUT2D eigenvalue weighted by molar-refractivity contribution is -0.137. The molecule has 9 nitrogen and oxygen atoms in total. The number of nitrogens with zero attached hydrogens (tertiary/aromatic N) is 3. The predicted octanol–water partition coefficient (Wildman–Crippen LogP) is 1.39. The van der Waals surface area contributed by atoms with E-state index >= 15 is 0 Å². The van der Waals surface area contributed by atoms with E-state index in [1.54, 1.807) is 39.0 Å². The van der Waals surface area contributed by atoms with Gasteiger partial charge in [0.15, 0.2) is 17.3 Å². The van der Waals surface area contributed by atoms with E-state index in [9.17, 15) is 14.4 Å². The SMILES string of the molecule is O=C(c1ccco1)N1CCN(C(=O)[C@@H]2CC(=O)N(c3ccc4c(c3)OCCO4)C2)CC1. The Morgan fingerprint density at radius 3 is 2.42 bits per heavy atom. The predicted molar refractivity (Wildman–Crippen MR) is 109 cm³/mol. The minimum absolute atomic E-state index is 0.0431. The monoisotopic (exact) mass is 425 g/mol. The van der Waals surface area contributed by atoms with Crippen molar-refractivity contribution < 1.29 is 28.3 Å². The highest BCUT2D eigenvalue weighted by molar-refractivity contribution is 6.00. The molecule has 0 saturated carbocycles. The van der Waals surface area contributed by atoms with E-state index in [4.69, 9.17) is 13.9 Å². The molecule has 162 valence electrons. The van der Waals surface area contributed by atoms with Crippen molar-refractivity contribution in [2.75, 3.05) is 50.8 Å². The van der Waals surface area contributed by atoms with E-state index in [0.717, 1.165) is 0 Å². The van der Waals surface area contributed by atoms with E-state index in [1.165, 1.54) is 6.26 Å². The molecular formula is C22H23N3O6. The maximum absolute atomic E-state index is 13.0. The van der Waals surface area contributed by atoms with Gasteiger partial charge >= 0.3 is 0 Å². The van der Waals surface area contributed by atoms with Gasteiger partial charge in [-0.05, 0) is 24.3 Å². The summed E-state index contributed by atoms with van der Waals surface area (Å²) in [5.74, 6) is 0.891. The van der Waals surface area contributed by atoms with Gasteiger partial charge in [-0.15, -0.1) is 0 Å². The fraction of sp³-hybridized carbons (Fsp3) is 0.409. The van der Waals surface area contributed by atoms with Crippen LogP contribution in [0.2, 0.25) is 0 Å². The van der Waals surface area contributed by atoms with Gasteiger partial charge < -0.3 is 28.6 Å². The summed E-state index contributed by atoms with van der Waals surface area (Å²) < 4.78 is 16.3. The molecule has 3 aliphatic rings. The Bertz CT molecular complexity index is 997. The van der Waals surface area contributed by atoms with Crippen molar-refractivity contribution in [1.82, 2.24) is 9.80 Å². The number of rotatable bonds is 3. The number of furan rings is 1. The number of benzene rings is 1. The Hall–Kier alpha value is -3.49. The first-order chi connectivity index (χ1) is 15.1. The Labute approximate surface area is 179 Å². The van der Waals surface area contributed by atoms with E-state index in [-0.39, 0.29) is 24.1 Å². The maximum Gasteiger partial charge on any atom is 0.289 e. The van der Waals surface area contributed by atoms with E-state index < -0.39 is 5.92 Å². The molecule has 2 fully saturated rings. The molecule has 0 aliphatic carbocycles. The lowest BCUT2D eigenvalue weighted by Gasteiger charge is -2.35. The van der Waals surface area contributed by atoms with Gasteiger partial charge in [0.25, 0.3) is 5.91 Å². The summed E-state index contributed by atoms with van der Waals surface area (Å²) >= 11 is 0. The third-order valence-corrected chi connectivity index (χ3v) is 5.92. The number of hydrogen-bond donors (Lipinski definition) is 0. The highest BCUT2D eigenvalue weighted by Crippen LogP contribution is 2.36. The van der Waals surface area contributed by atoms with Crippen molar-refractivity contribution >= 4 is 23.4 Å². The normalized spacial score (nSPS) is 20.8. The second kappa shape index (κ2) is 7.98. The van der Waals surface area contributed by atoms with Gasteiger partial charge in [0.2, 0.25) is 11.8 Å². The number of carbonyl (C=O) groups excluding carboxylic acids is 3. The summed E-state index contributed by atoms with van der Waals surface area (Å²) in [4.78, 5) is 43.1. The average molecular weight is 425 g/mol. The lowest BCUT2D eigenvalue weighted by atomic mass is 10.1. The van der Waals surface area contributed by atoms with Crippen LogP contribution in [0.5, 0.6) is 11.5 Å². The van der Waals surface area contributed by atoms with Crippen molar-refractivity contribution in [1.29, 1.82) is 0 Å². The van der Waals surface area contributed by atoms with Crippen LogP contribution >= 0.6 is 0 Å². The Morgan fingerprint density at radius 1 is 0.935 bits per heavy atom. The van der Waals surface area contributed by atoms with Gasteiger partial charge in [0.05, 0.1) is 12.2 Å². The smallest absolute Gasteiger partial charge is 0.289 e. The standard InChI is InChI=1S/C22H23N3O6/c26-20-12-15(14-25(20)16-3-4-17-19(13-16)31-11-10-30-17)21(27)23-5-7-24(8-6-23)22(28)18-2-1-9-29-18/h1-4,9,13,15H,5-8,10-12,14H2/t15-/m1/s1. The topological polar surface area (TPSA) is 92.5 Å². The van der Waals surface area contributed by atoms with Gasteiger partial charge in [-0.25, -0.2) is 0 Å². The summed E-state index contributed by atoms with van der Waals surface area (Å²) in [6.45, 7) is 3.09. The van der Waals surface area contributed by atoms with Crippen LogP contribution in [0.1, 0.15) is 17.0 Å². The van der Waals surface area contributed by atoms with Gasteiger partial charge in [0, 0.05) is 50.9 Å². The molecule has 3 aliphatic heterocycles. The lowest BCUT2D eigenvalue weighted by Crippen LogP contribution is -2.52. The van der Waals surface area contributed by atoms with Crippen LogP contribution in [0.25, 0.3) is 0 Å². The van der Waals surface area contributed by atoms with Crippen molar-refractivity contribution in [3.8, 4) is 11.5 Å². The molecule has 0 N–H and O–H groups in total. The molecular weight excluding hydrogens is 402 g/mol. The third kappa shape index (κ3) is 3.71. The zero-order valence-electron chi connectivity index (χ0n) is 17.0. The Balaban J connectivity index is 1.20. The molecule has 2 aromatic rings. The van der Waals surface area contributed by atoms with Crippen molar-refractivity contribution in [3.05, 3.63) is 42.4 Å². The van der Waals surface area contributed by atoms with Crippen LogP contribution < -0.4 is 14.4 Å². The van der Waals surface area contributed by atoms with Crippen LogP contribution in [-0.4, -0.2) is 73.5 Å². The van der Waals surface area contributed by atoms with E-state index in [1.807, 2.05) is 6.07 Å². The summed E-state index contributed by atoms with van der Waals surface area (Å²) in [6, 6.07) is 8.71. The van der Waals surface area contributed by atoms with Gasteiger partial charge in [-0.1, -0.05) is 0 Å². The minimum atomic E-state index is -0.395. The molecule has 1 aromatic carbocycles. The number of piperazine rings is 1. The molecule has 1 aromatic heterocycles. The molecule has 9 heteroatoms. The highest BCUT2D eigenvalue weighted by Gasteiger charge is 2.38. The molecule has 0 bridgehead atoms. The number of fused-ring (bicyclic) bond motifs is 1. The van der Waals surface area contributed by atoms with E-state index in [2.05, 4.69) is 0 Å². The molecule has 0 unspecified atom stereocenters. The Kier molecular flexibility index (Phi) is 5.01. The van der Waals surface area contributed by atoms with Crippen molar-refractivity contribution in [2.24, 2.45) is 5.92 Å². The quantitative estimate of drug-likeness (QED) is 0.738. The molecule has 31 heavy (non-hydrogen) atoms. The Morgan fingerprint density at radius 2 is 1.68 bits per heavy atom. The first-order valence-corrected chi connectivity index (χ1v) is 10.4. The largest absolute Gasteiger partial charge is 0.486 e. The minimum Gasteiger partial charge on any atom is -0.486 e. The second-order valence-electron chi connectivity index (χ2n) is 7.83. The van der Waals surface area contributed by atoms with Gasteiger partial charge in [-0.3, -0.25) is 14.4 Å². The fourth-order valence-corrected chi connectivity index (χ4v) is 4.27. The molecule has 1 atom stereocenters. The third-order valence-electron chi connectivity index (χ3n) is 5.92. The number of carbonyl (C=O) groups is 3. The van der Waals surface area contributed by atoms with Crippen LogP contribution in [0.15, 0.2) is 41.0 Å². The zero-order chi connectivity index (χ0) is 21.4. The number of amides is 3. The molecule has 0 radical (unpaired) electrons. The van der Waals surface area contributed by atoms with Crippen LogP contribution in [0, 0.1) is 5.92 Å². The first kappa shape index (κ1) is 19.5. The summed E-state index contributed by atoms with van der Waals surface area (Å²) in [6.07, 6.45) is 1.65. The maximum atomic E-state index is 13.0. The molecule has 4 heterocycles. The van der Waals surface area contributed by atoms with Crippen molar-refractivity contribution in [2.45, 2.75) is 6.42 Å². The second-order valence-corrected chi connectivity index (χ2v) is 7.83.